The average Bonchev–Trinajstić information content (AvgIpc) is 2.86. The van der Waals surface area contributed by atoms with E-state index in [1.807, 2.05) is 24.4 Å². The largest absolute Gasteiger partial charge is 0.339 e. The molecule has 1 unspecified atom stereocenters. The zero-order valence-corrected chi connectivity index (χ0v) is 20.2. The van der Waals surface area contributed by atoms with Crippen molar-refractivity contribution in [1.82, 2.24) is 19.8 Å². The number of aromatic nitrogens is 2. The van der Waals surface area contributed by atoms with Crippen molar-refractivity contribution in [3.8, 4) is 0 Å². The molecule has 4 heterocycles. The highest BCUT2D eigenvalue weighted by molar-refractivity contribution is 6.32. The van der Waals surface area contributed by atoms with Crippen LogP contribution in [0.3, 0.4) is 0 Å². The lowest BCUT2D eigenvalue weighted by Crippen LogP contribution is -2.51. The smallest absolute Gasteiger partial charge is 0.321 e. The van der Waals surface area contributed by atoms with Gasteiger partial charge in [0, 0.05) is 68.5 Å². The van der Waals surface area contributed by atoms with E-state index in [1.54, 1.807) is 29.1 Å². The number of anilines is 4. The number of urea groups is 1. The molecule has 3 amide bonds. The van der Waals surface area contributed by atoms with Crippen LogP contribution in [0.4, 0.5) is 27.9 Å². The van der Waals surface area contributed by atoms with Crippen molar-refractivity contribution in [2.75, 3.05) is 42.1 Å². The summed E-state index contributed by atoms with van der Waals surface area (Å²) in [6.07, 6.45) is 7.73. The molecule has 1 saturated heterocycles. The first-order valence-electron chi connectivity index (χ1n) is 11.7. The van der Waals surface area contributed by atoms with Crippen LogP contribution in [0, 0.1) is 5.92 Å². The van der Waals surface area contributed by atoms with E-state index in [1.165, 1.54) is 0 Å². The van der Waals surface area contributed by atoms with Gasteiger partial charge in [0.25, 0.3) is 0 Å². The third-order valence-corrected chi connectivity index (χ3v) is 6.71. The molecule has 0 saturated carbocycles. The summed E-state index contributed by atoms with van der Waals surface area (Å²) in [5, 5.41) is 10.0. The number of halogens is 1. The number of hydrogen-bond donors (Lipinski definition) is 3. The summed E-state index contributed by atoms with van der Waals surface area (Å²) < 4.78 is 0. The van der Waals surface area contributed by atoms with Gasteiger partial charge < -0.3 is 25.8 Å². The van der Waals surface area contributed by atoms with Crippen LogP contribution in [0.2, 0.25) is 5.02 Å². The maximum Gasteiger partial charge on any atom is 0.321 e. The molecule has 3 aliphatic heterocycles. The number of benzene rings is 1. The van der Waals surface area contributed by atoms with Gasteiger partial charge in [-0.15, -0.1) is 0 Å². The Bertz CT molecular complexity index is 1210. The van der Waals surface area contributed by atoms with E-state index in [0.717, 1.165) is 41.9 Å². The fraction of sp³-hybridized carbons (Fsp3) is 0.375. The number of nitrogens with one attached hydrogen (secondary N) is 3. The first-order chi connectivity index (χ1) is 16.9. The number of carbonyl (C=O) groups is 2. The van der Waals surface area contributed by atoms with Gasteiger partial charge in [0.2, 0.25) is 11.9 Å². The molecule has 35 heavy (non-hydrogen) atoms. The molecule has 6 bridgehead atoms. The van der Waals surface area contributed by atoms with Crippen molar-refractivity contribution in [2.24, 2.45) is 10.9 Å². The molecule has 0 spiro atoms. The van der Waals surface area contributed by atoms with Gasteiger partial charge in [0.05, 0.1) is 6.20 Å². The van der Waals surface area contributed by atoms with Gasteiger partial charge in [-0.05, 0) is 43.0 Å². The summed E-state index contributed by atoms with van der Waals surface area (Å²) in [6, 6.07) is 5.64. The third-order valence-electron chi connectivity index (χ3n) is 6.43. The quantitative estimate of drug-likeness (QED) is 0.554. The predicted octanol–water partition coefficient (Wildman–Crippen LogP) is 3.86. The Morgan fingerprint density at radius 3 is 2.74 bits per heavy atom. The average molecular weight is 495 g/mol. The molecule has 3 aliphatic rings. The zero-order valence-electron chi connectivity index (χ0n) is 19.4. The Morgan fingerprint density at radius 1 is 1.14 bits per heavy atom. The summed E-state index contributed by atoms with van der Waals surface area (Å²) in [5.74, 6) is 1.22. The van der Waals surface area contributed by atoms with Crippen LogP contribution >= 0.6 is 11.6 Å². The number of hydrogen-bond acceptors (Lipinski definition) is 7. The minimum Gasteiger partial charge on any atom is -0.339 e. The van der Waals surface area contributed by atoms with Gasteiger partial charge in [-0.2, -0.15) is 4.98 Å². The van der Waals surface area contributed by atoms with Gasteiger partial charge in [-0.1, -0.05) is 11.6 Å². The predicted molar refractivity (Wildman–Crippen MR) is 136 cm³/mol. The van der Waals surface area contributed by atoms with Crippen molar-refractivity contribution in [3.05, 3.63) is 46.9 Å². The number of aliphatic imine (C=N–C) groups is 1. The second-order valence-electron chi connectivity index (χ2n) is 8.89. The van der Waals surface area contributed by atoms with Gasteiger partial charge in [0.15, 0.2) is 5.82 Å². The second-order valence-corrected chi connectivity index (χ2v) is 9.30. The molecule has 0 radical (unpaired) electrons. The molecule has 1 fully saturated rings. The van der Waals surface area contributed by atoms with Crippen LogP contribution in [0.5, 0.6) is 0 Å². The van der Waals surface area contributed by atoms with Crippen LogP contribution in [0.15, 0.2) is 41.3 Å². The molecule has 2 aromatic rings. The van der Waals surface area contributed by atoms with E-state index in [9.17, 15) is 9.59 Å². The van der Waals surface area contributed by atoms with Crippen LogP contribution in [-0.4, -0.2) is 64.1 Å². The SMILES string of the molecule is CC(=O)N1CCN(C(=O)Nc2ccc3cc2CCC2C=NC=C(C2)Nc2ncc(Cl)c(n2)N3)CC1. The summed E-state index contributed by atoms with van der Waals surface area (Å²) >= 11 is 6.35. The molecule has 1 aromatic heterocycles. The van der Waals surface area contributed by atoms with Crippen molar-refractivity contribution in [3.63, 3.8) is 0 Å². The molecule has 0 aliphatic carbocycles. The van der Waals surface area contributed by atoms with Crippen molar-refractivity contribution < 1.29 is 9.59 Å². The number of nitrogens with zero attached hydrogens (tertiary/aromatic N) is 5. The highest BCUT2D eigenvalue weighted by Gasteiger charge is 2.23. The van der Waals surface area contributed by atoms with Crippen LogP contribution in [-0.2, 0) is 11.2 Å². The normalized spacial score (nSPS) is 19.3. The monoisotopic (exact) mass is 494 g/mol. The highest BCUT2D eigenvalue weighted by Crippen LogP contribution is 2.30. The number of carbonyl (C=O) groups excluding carboxylic acids is 2. The Hall–Kier alpha value is -3.66. The lowest BCUT2D eigenvalue weighted by Gasteiger charge is -2.34. The first-order valence-corrected chi connectivity index (χ1v) is 12.1. The molecule has 182 valence electrons. The third kappa shape index (κ3) is 5.37. The Morgan fingerprint density at radius 2 is 1.94 bits per heavy atom. The van der Waals surface area contributed by atoms with E-state index < -0.39 is 0 Å². The van der Waals surface area contributed by atoms with Gasteiger partial charge >= 0.3 is 6.03 Å². The van der Waals surface area contributed by atoms with E-state index in [0.29, 0.717) is 43.0 Å². The van der Waals surface area contributed by atoms with E-state index in [-0.39, 0.29) is 17.9 Å². The fourth-order valence-corrected chi connectivity index (χ4v) is 4.60. The summed E-state index contributed by atoms with van der Waals surface area (Å²) in [7, 11) is 0. The lowest BCUT2D eigenvalue weighted by molar-refractivity contribution is -0.130. The maximum atomic E-state index is 13.0. The van der Waals surface area contributed by atoms with Crippen LogP contribution in [0.25, 0.3) is 0 Å². The summed E-state index contributed by atoms with van der Waals surface area (Å²) in [6.45, 7) is 3.67. The molecule has 10 nitrogen and oxygen atoms in total. The zero-order chi connectivity index (χ0) is 24.4. The second kappa shape index (κ2) is 9.91. The molecule has 11 heteroatoms. The van der Waals surface area contributed by atoms with Gasteiger partial charge in [0.1, 0.15) is 5.02 Å². The Balaban J connectivity index is 1.39. The van der Waals surface area contributed by atoms with Crippen LogP contribution in [0.1, 0.15) is 25.3 Å². The van der Waals surface area contributed by atoms with E-state index in [2.05, 4.69) is 30.9 Å². The molecule has 1 atom stereocenters. The number of piperazine rings is 1. The molecule has 1 aromatic carbocycles. The van der Waals surface area contributed by atoms with Gasteiger partial charge in [-0.25, -0.2) is 9.78 Å². The Kier molecular flexibility index (Phi) is 6.54. The number of aryl methyl sites for hydroxylation is 1. The summed E-state index contributed by atoms with van der Waals surface area (Å²) in [4.78, 5) is 41.3. The number of amides is 3. The number of allylic oxidation sites excluding steroid dienone is 1. The molecule has 3 N–H and O–H groups in total. The standard InChI is InChI=1S/C24H27ClN8O2/c1-15(34)32-6-8-33(9-7-32)24(35)30-21-5-4-18-11-17(21)3-2-16-10-19(13-26-12-16)29-23-27-14-20(25)22(28-18)31-23/h4-5,11-14,16H,2-3,6-10H2,1H3,(H,30,35)(H2,27,28,29,31). The van der Waals surface area contributed by atoms with E-state index in [4.69, 9.17) is 11.6 Å². The number of rotatable bonds is 1. The van der Waals surface area contributed by atoms with Crippen molar-refractivity contribution >= 4 is 52.9 Å². The van der Waals surface area contributed by atoms with Gasteiger partial charge in [-0.3, -0.25) is 9.79 Å². The molecular weight excluding hydrogens is 468 g/mol. The minimum absolute atomic E-state index is 0.0368. The van der Waals surface area contributed by atoms with Crippen molar-refractivity contribution in [2.45, 2.75) is 26.2 Å². The van der Waals surface area contributed by atoms with E-state index >= 15 is 0 Å². The fourth-order valence-electron chi connectivity index (χ4n) is 4.46. The summed E-state index contributed by atoms with van der Waals surface area (Å²) in [5.41, 5.74) is 3.53. The maximum absolute atomic E-state index is 13.0. The first kappa shape index (κ1) is 23.1. The number of fused-ring (bicyclic) bond motifs is 6. The highest BCUT2D eigenvalue weighted by atomic mass is 35.5. The topological polar surface area (TPSA) is 115 Å². The molecular formula is C24H27ClN8O2. The van der Waals surface area contributed by atoms with Crippen LogP contribution < -0.4 is 16.0 Å². The molecule has 5 rings (SSSR count). The lowest BCUT2D eigenvalue weighted by atomic mass is 9.94. The minimum atomic E-state index is -0.162. The van der Waals surface area contributed by atoms with Crippen molar-refractivity contribution in [1.29, 1.82) is 0 Å². The Labute approximate surface area is 208 Å².